The number of anilines is 1. The van der Waals surface area contributed by atoms with Crippen LogP contribution in [0.25, 0.3) is 6.08 Å². The third kappa shape index (κ3) is 8.16. The monoisotopic (exact) mass is 425 g/mol. The highest BCUT2D eigenvalue weighted by molar-refractivity contribution is 6.02. The molecular formula is C25H31NO5. The van der Waals surface area contributed by atoms with Crippen LogP contribution < -0.4 is 14.8 Å². The van der Waals surface area contributed by atoms with Gasteiger partial charge in [0, 0.05) is 11.8 Å². The minimum Gasteiger partial charge on any atom is -0.493 e. The lowest BCUT2D eigenvalue weighted by atomic mass is 10.1. The van der Waals surface area contributed by atoms with E-state index in [0.29, 0.717) is 41.9 Å². The Bertz CT molecular complexity index is 887. The summed E-state index contributed by atoms with van der Waals surface area (Å²) < 4.78 is 16.2. The highest BCUT2D eigenvalue weighted by Gasteiger charge is 2.08. The molecule has 0 bridgehead atoms. The summed E-state index contributed by atoms with van der Waals surface area (Å²) in [7, 11) is 1.58. The fraction of sp³-hybridized carbons (Fsp3) is 0.360. The molecular weight excluding hydrogens is 394 g/mol. The fourth-order valence-electron chi connectivity index (χ4n) is 2.64. The van der Waals surface area contributed by atoms with E-state index in [9.17, 15) is 9.59 Å². The summed E-state index contributed by atoms with van der Waals surface area (Å²) in [5, 5.41) is 2.77. The van der Waals surface area contributed by atoms with Gasteiger partial charge in [0.1, 0.15) is 0 Å². The van der Waals surface area contributed by atoms with Gasteiger partial charge in [-0.1, -0.05) is 26.8 Å². The zero-order valence-electron chi connectivity index (χ0n) is 18.6. The second-order valence-corrected chi connectivity index (χ2v) is 7.48. The molecule has 0 saturated heterocycles. The van der Waals surface area contributed by atoms with Crippen molar-refractivity contribution in [2.24, 2.45) is 5.92 Å². The van der Waals surface area contributed by atoms with Crippen LogP contribution >= 0.6 is 0 Å². The second-order valence-electron chi connectivity index (χ2n) is 7.48. The Morgan fingerprint density at radius 1 is 1.03 bits per heavy atom. The summed E-state index contributed by atoms with van der Waals surface area (Å²) >= 11 is 0. The number of rotatable bonds is 11. The van der Waals surface area contributed by atoms with Crippen LogP contribution in [0.15, 0.2) is 48.5 Å². The van der Waals surface area contributed by atoms with Gasteiger partial charge in [0.25, 0.3) is 0 Å². The van der Waals surface area contributed by atoms with E-state index in [4.69, 9.17) is 14.2 Å². The van der Waals surface area contributed by atoms with Crippen LogP contribution in [0.5, 0.6) is 11.5 Å². The van der Waals surface area contributed by atoms with Crippen molar-refractivity contribution in [3.05, 3.63) is 59.7 Å². The van der Waals surface area contributed by atoms with Gasteiger partial charge in [-0.05, 0) is 66.8 Å². The van der Waals surface area contributed by atoms with Gasteiger partial charge < -0.3 is 19.5 Å². The SMILES string of the molecule is CCCOc1ccc(/C=C/C(=O)Nc2ccc(C(=O)OCCC(C)C)cc2)cc1OC. The zero-order valence-corrected chi connectivity index (χ0v) is 18.6. The van der Waals surface area contributed by atoms with Crippen LogP contribution in [0.2, 0.25) is 0 Å². The van der Waals surface area contributed by atoms with Gasteiger partial charge in [-0.2, -0.15) is 0 Å². The molecule has 166 valence electrons. The maximum absolute atomic E-state index is 12.2. The standard InChI is InChI=1S/C25H31NO5/c1-5-15-30-22-12-6-19(17-23(22)29-4)7-13-24(27)26-21-10-8-20(9-11-21)25(28)31-16-14-18(2)3/h6-13,17-18H,5,14-16H2,1-4H3,(H,26,27)/b13-7+. The van der Waals surface area contributed by atoms with Crippen LogP contribution in [-0.2, 0) is 9.53 Å². The van der Waals surface area contributed by atoms with Gasteiger partial charge in [0.15, 0.2) is 11.5 Å². The largest absolute Gasteiger partial charge is 0.493 e. The molecule has 2 rings (SSSR count). The Morgan fingerprint density at radius 3 is 2.42 bits per heavy atom. The first-order chi connectivity index (χ1) is 14.9. The molecule has 6 nitrogen and oxygen atoms in total. The molecule has 0 atom stereocenters. The van der Waals surface area contributed by atoms with E-state index in [1.54, 1.807) is 37.5 Å². The van der Waals surface area contributed by atoms with Gasteiger partial charge in [-0.15, -0.1) is 0 Å². The van der Waals surface area contributed by atoms with E-state index in [1.807, 2.05) is 25.1 Å². The number of carbonyl (C=O) groups is 2. The summed E-state index contributed by atoms with van der Waals surface area (Å²) in [5.74, 6) is 1.13. The average Bonchev–Trinajstić information content (AvgIpc) is 2.76. The molecule has 0 radical (unpaired) electrons. The Labute approximate surface area is 184 Å². The van der Waals surface area contributed by atoms with Gasteiger partial charge >= 0.3 is 5.97 Å². The van der Waals surface area contributed by atoms with E-state index >= 15 is 0 Å². The third-order valence-electron chi connectivity index (χ3n) is 4.39. The summed E-state index contributed by atoms with van der Waals surface area (Å²) in [6, 6.07) is 12.1. The van der Waals surface area contributed by atoms with Crippen molar-refractivity contribution in [2.75, 3.05) is 25.6 Å². The van der Waals surface area contributed by atoms with Crippen molar-refractivity contribution in [3.63, 3.8) is 0 Å². The molecule has 0 aliphatic heterocycles. The predicted molar refractivity (Wildman–Crippen MR) is 123 cm³/mol. The Kier molecular flexibility index (Phi) is 9.62. The number of esters is 1. The number of benzene rings is 2. The minimum atomic E-state index is -0.362. The van der Waals surface area contributed by atoms with E-state index < -0.39 is 0 Å². The molecule has 0 aliphatic carbocycles. The first-order valence-electron chi connectivity index (χ1n) is 10.5. The normalized spacial score (nSPS) is 10.9. The molecule has 0 aliphatic rings. The lowest BCUT2D eigenvalue weighted by Gasteiger charge is -2.10. The molecule has 2 aromatic carbocycles. The quantitative estimate of drug-likeness (QED) is 0.389. The Morgan fingerprint density at radius 2 is 1.77 bits per heavy atom. The number of nitrogens with one attached hydrogen (secondary N) is 1. The van der Waals surface area contributed by atoms with E-state index in [0.717, 1.165) is 18.4 Å². The van der Waals surface area contributed by atoms with E-state index in [-0.39, 0.29) is 11.9 Å². The van der Waals surface area contributed by atoms with Crippen molar-refractivity contribution >= 4 is 23.6 Å². The molecule has 1 N–H and O–H groups in total. The number of hydrogen-bond acceptors (Lipinski definition) is 5. The topological polar surface area (TPSA) is 73.9 Å². The van der Waals surface area contributed by atoms with Crippen LogP contribution in [-0.4, -0.2) is 32.2 Å². The first-order valence-corrected chi connectivity index (χ1v) is 10.5. The van der Waals surface area contributed by atoms with Crippen LogP contribution in [0.4, 0.5) is 5.69 Å². The molecule has 0 spiro atoms. The lowest BCUT2D eigenvalue weighted by molar-refractivity contribution is -0.111. The summed E-state index contributed by atoms with van der Waals surface area (Å²) in [6.45, 7) is 7.20. The van der Waals surface area contributed by atoms with Crippen molar-refractivity contribution in [2.45, 2.75) is 33.6 Å². The Hall–Kier alpha value is -3.28. The van der Waals surface area contributed by atoms with E-state index in [2.05, 4.69) is 19.2 Å². The molecule has 2 aromatic rings. The molecule has 0 fully saturated rings. The van der Waals surface area contributed by atoms with Gasteiger partial charge in [-0.25, -0.2) is 4.79 Å². The zero-order chi connectivity index (χ0) is 22.6. The fourth-order valence-corrected chi connectivity index (χ4v) is 2.64. The van der Waals surface area contributed by atoms with Crippen LogP contribution in [0.3, 0.4) is 0 Å². The molecule has 6 heteroatoms. The van der Waals surface area contributed by atoms with Gasteiger partial charge in [-0.3, -0.25) is 4.79 Å². The predicted octanol–water partition coefficient (Wildman–Crippen LogP) is 5.34. The van der Waals surface area contributed by atoms with Crippen LogP contribution in [0.1, 0.15) is 49.5 Å². The first kappa shape index (κ1) is 24.0. The van der Waals surface area contributed by atoms with Crippen molar-refractivity contribution in [1.29, 1.82) is 0 Å². The number of hydrogen-bond donors (Lipinski definition) is 1. The smallest absolute Gasteiger partial charge is 0.338 e. The van der Waals surface area contributed by atoms with Crippen LogP contribution in [0, 0.1) is 5.92 Å². The average molecular weight is 426 g/mol. The summed E-state index contributed by atoms with van der Waals surface area (Å²) in [6.07, 6.45) is 4.87. The molecule has 0 aromatic heterocycles. The number of carbonyl (C=O) groups excluding carboxylic acids is 2. The highest BCUT2D eigenvalue weighted by Crippen LogP contribution is 2.28. The van der Waals surface area contributed by atoms with Crippen molar-refractivity contribution in [3.8, 4) is 11.5 Å². The molecule has 0 heterocycles. The minimum absolute atomic E-state index is 0.280. The van der Waals surface area contributed by atoms with Crippen molar-refractivity contribution < 1.29 is 23.8 Å². The second kappa shape index (κ2) is 12.4. The summed E-state index contributed by atoms with van der Waals surface area (Å²) in [4.78, 5) is 24.2. The molecule has 31 heavy (non-hydrogen) atoms. The lowest BCUT2D eigenvalue weighted by Crippen LogP contribution is -2.10. The molecule has 0 unspecified atom stereocenters. The maximum Gasteiger partial charge on any atom is 0.338 e. The molecule has 0 saturated carbocycles. The van der Waals surface area contributed by atoms with E-state index in [1.165, 1.54) is 6.08 Å². The Balaban J connectivity index is 1.92. The molecule has 1 amide bonds. The van der Waals surface area contributed by atoms with Gasteiger partial charge in [0.05, 0.1) is 25.9 Å². The van der Waals surface area contributed by atoms with Gasteiger partial charge in [0.2, 0.25) is 5.91 Å². The number of amides is 1. The summed E-state index contributed by atoms with van der Waals surface area (Å²) in [5.41, 5.74) is 1.86. The van der Waals surface area contributed by atoms with Crippen molar-refractivity contribution in [1.82, 2.24) is 0 Å². The third-order valence-corrected chi connectivity index (χ3v) is 4.39. The number of methoxy groups -OCH3 is 1. The maximum atomic E-state index is 12.2. The highest BCUT2D eigenvalue weighted by atomic mass is 16.5. The number of ether oxygens (including phenoxy) is 3.